The number of amides is 1. The summed E-state index contributed by atoms with van der Waals surface area (Å²) in [7, 11) is 3.07. The van der Waals surface area contributed by atoms with Crippen molar-refractivity contribution < 1.29 is 23.4 Å². The molecule has 0 saturated heterocycles. The van der Waals surface area contributed by atoms with Crippen LogP contribution in [0.1, 0.15) is 25.8 Å². The zero-order valence-corrected chi connectivity index (χ0v) is 17.5. The van der Waals surface area contributed by atoms with Crippen LogP contribution in [0.25, 0.3) is 11.0 Å². The van der Waals surface area contributed by atoms with Gasteiger partial charge >= 0.3 is 5.63 Å². The Labute approximate surface area is 174 Å². The van der Waals surface area contributed by atoms with Gasteiger partial charge in [-0.15, -0.1) is 0 Å². The minimum absolute atomic E-state index is 0.330. The summed E-state index contributed by atoms with van der Waals surface area (Å²) in [6.07, 6.45) is 0.928. The molecular formula is C23H25NO6. The van der Waals surface area contributed by atoms with E-state index in [1.54, 1.807) is 44.4 Å². The molecule has 3 rings (SSSR count). The van der Waals surface area contributed by atoms with Crippen molar-refractivity contribution in [1.29, 1.82) is 0 Å². The Morgan fingerprint density at radius 2 is 1.83 bits per heavy atom. The topological polar surface area (TPSA) is 87.0 Å². The zero-order chi connectivity index (χ0) is 21.7. The molecule has 0 aliphatic heterocycles. The summed E-state index contributed by atoms with van der Waals surface area (Å²) >= 11 is 0. The van der Waals surface area contributed by atoms with E-state index in [1.165, 1.54) is 13.2 Å². The van der Waals surface area contributed by atoms with Crippen molar-refractivity contribution in [2.75, 3.05) is 19.5 Å². The minimum Gasteiger partial charge on any atom is -0.493 e. The van der Waals surface area contributed by atoms with Crippen LogP contribution >= 0.6 is 0 Å². The lowest BCUT2D eigenvalue weighted by atomic mass is 10.1. The fourth-order valence-corrected chi connectivity index (χ4v) is 3.18. The summed E-state index contributed by atoms with van der Waals surface area (Å²) in [5.41, 5.74) is 1.54. The van der Waals surface area contributed by atoms with Gasteiger partial charge in [0.15, 0.2) is 17.6 Å². The Morgan fingerprint density at radius 1 is 1.07 bits per heavy atom. The van der Waals surface area contributed by atoms with Crippen LogP contribution < -0.4 is 25.2 Å². The molecule has 2 aromatic carbocycles. The van der Waals surface area contributed by atoms with Gasteiger partial charge in [-0.25, -0.2) is 4.79 Å². The first-order chi connectivity index (χ1) is 14.4. The number of benzene rings is 2. The van der Waals surface area contributed by atoms with Crippen molar-refractivity contribution in [1.82, 2.24) is 0 Å². The van der Waals surface area contributed by atoms with Crippen LogP contribution in [0.4, 0.5) is 5.69 Å². The van der Waals surface area contributed by atoms with Crippen LogP contribution in [0.3, 0.4) is 0 Å². The number of methoxy groups -OCH3 is 2. The molecule has 3 aromatic rings. The van der Waals surface area contributed by atoms with Crippen molar-refractivity contribution in [2.45, 2.75) is 32.8 Å². The maximum Gasteiger partial charge on any atom is 0.336 e. The summed E-state index contributed by atoms with van der Waals surface area (Å²) < 4.78 is 21.5. The average molecular weight is 411 g/mol. The predicted molar refractivity (Wildman–Crippen MR) is 115 cm³/mol. The fraction of sp³-hybridized carbons (Fsp3) is 0.304. The van der Waals surface area contributed by atoms with E-state index >= 15 is 0 Å². The van der Waals surface area contributed by atoms with E-state index in [4.69, 9.17) is 18.6 Å². The highest BCUT2D eigenvalue weighted by Crippen LogP contribution is 2.30. The molecule has 1 N–H and O–H groups in total. The minimum atomic E-state index is -0.777. The van der Waals surface area contributed by atoms with Crippen molar-refractivity contribution in [3.63, 3.8) is 0 Å². The van der Waals surface area contributed by atoms with E-state index < -0.39 is 11.7 Å². The van der Waals surface area contributed by atoms with Crippen molar-refractivity contribution >= 4 is 22.6 Å². The summed E-state index contributed by atoms with van der Waals surface area (Å²) in [5.74, 6) is 1.19. The van der Waals surface area contributed by atoms with Gasteiger partial charge < -0.3 is 23.9 Å². The van der Waals surface area contributed by atoms with Gasteiger partial charge in [-0.1, -0.05) is 13.3 Å². The quantitative estimate of drug-likeness (QED) is 0.560. The van der Waals surface area contributed by atoms with Crippen LogP contribution in [0.5, 0.6) is 17.2 Å². The van der Waals surface area contributed by atoms with Gasteiger partial charge in [0.05, 0.1) is 14.2 Å². The highest BCUT2D eigenvalue weighted by Gasteiger charge is 2.17. The van der Waals surface area contributed by atoms with Crippen LogP contribution in [-0.4, -0.2) is 26.2 Å². The Balaban J connectivity index is 1.75. The molecule has 1 atom stereocenters. The normalized spacial score (nSPS) is 11.7. The monoisotopic (exact) mass is 411 g/mol. The highest BCUT2D eigenvalue weighted by atomic mass is 16.5. The summed E-state index contributed by atoms with van der Waals surface area (Å²) in [5, 5.41) is 3.65. The maximum atomic E-state index is 12.5. The van der Waals surface area contributed by atoms with E-state index in [1.807, 2.05) is 6.07 Å². The molecular weight excluding hydrogens is 386 g/mol. The number of hydrogen-bond acceptors (Lipinski definition) is 6. The SMILES string of the molecule is CCCc1cc(=O)oc2cc(O[C@H](C)C(=O)Nc3ccc(OC)c(OC)c3)ccc12. The largest absolute Gasteiger partial charge is 0.493 e. The fourth-order valence-electron chi connectivity index (χ4n) is 3.18. The van der Waals surface area contributed by atoms with Crippen LogP contribution in [-0.2, 0) is 11.2 Å². The van der Waals surface area contributed by atoms with Crippen LogP contribution in [0.15, 0.2) is 51.7 Å². The number of carbonyl (C=O) groups is 1. The molecule has 0 aliphatic carbocycles. The molecule has 0 aliphatic rings. The number of fused-ring (bicyclic) bond motifs is 1. The van der Waals surface area contributed by atoms with Gasteiger partial charge in [0.1, 0.15) is 11.3 Å². The van der Waals surface area contributed by atoms with E-state index in [0.29, 0.717) is 28.5 Å². The molecule has 1 amide bonds. The highest BCUT2D eigenvalue weighted by molar-refractivity contribution is 5.94. The summed E-state index contributed by atoms with van der Waals surface area (Å²) in [4.78, 5) is 24.4. The molecule has 7 nitrogen and oxygen atoms in total. The molecule has 30 heavy (non-hydrogen) atoms. The number of carbonyl (C=O) groups excluding carboxylic acids is 1. The molecule has 0 radical (unpaired) electrons. The zero-order valence-electron chi connectivity index (χ0n) is 17.5. The van der Waals surface area contributed by atoms with Gasteiger partial charge in [-0.05, 0) is 43.2 Å². The molecule has 1 heterocycles. The van der Waals surface area contributed by atoms with Gasteiger partial charge in [0.25, 0.3) is 5.91 Å². The lowest BCUT2D eigenvalue weighted by Crippen LogP contribution is -2.30. The lowest BCUT2D eigenvalue weighted by Gasteiger charge is -2.16. The first kappa shape index (κ1) is 21.2. The number of ether oxygens (including phenoxy) is 3. The molecule has 0 fully saturated rings. The van der Waals surface area contributed by atoms with Crippen LogP contribution in [0.2, 0.25) is 0 Å². The second-order valence-corrected chi connectivity index (χ2v) is 6.82. The van der Waals surface area contributed by atoms with E-state index in [2.05, 4.69) is 12.2 Å². The Morgan fingerprint density at radius 3 is 2.53 bits per heavy atom. The molecule has 158 valence electrons. The molecule has 0 bridgehead atoms. The van der Waals surface area contributed by atoms with E-state index in [-0.39, 0.29) is 5.91 Å². The molecule has 7 heteroatoms. The van der Waals surface area contributed by atoms with Crippen molar-refractivity contribution in [3.8, 4) is 17.2 Å². The Kier molecular flexibility index (Phi) is 6.61. The lowest BCUT2D eigenvalue weighted by molar-refractivity contribution is -0.122. The maximum absolute atomic E-state index is 12.5. The number of aryl methyl sites for hydroxylation is 1. The van der Waals surface area contributed by atoms with Crippen molar-refractivity contribution in [3.05, 3.63) is 58.4 Å². The van der Waals surface area contributed by atoms with Crippen LogP contribution in [0, 0.1) is 0 Å². The van der Waals surface area contributed by atoms with Crippen molar-refractivity contribution in [2.24, 2.45) is 0 Å². The smallest absolute Gasteiger partial charge is 0.336 e. The molecule has 0 saturated carbocycles. The first-order valence-electron chi connectivity index (χ1n) is 9.71. The number of nitrogens with one attached hydrogen (secondary N) is 1. The predicted octanol–water partition coefficient (Wildman–Crippen LogP) is 4.17. The Hall–Kier alpha value is -3.48. The molecule has 0 spiro atoms. The summed E-state index contributed by atoms with van der Waals surface area (Å²) in [6, 6.07) is 11.9. The number of rotatable bonds is 8. The third-order valence-corrected chi connectivity index (χ3v) is 4.65. The number of hydrogen-bond donors (Lipinski definition) is 1. The third-order valence-electron chi connectivity index (χ3n) is 4.65. The number of anilines is 1. The molecule has 1 aromatic heterocycles. The van der Waals surface area contributed by atoms with Gasteiger partial charge in [-0.3, -0.25) is 4.79 Å². The standard InChI is InChI=1S/C23H25NO6/c1-5-6-15-11-22(25)30-20-13-17(8-9-18(15)20)29-14(2)23(26)24-16-7-10-19(27-3)21(12-16)28-4/h7-14H,5-6H2,1-4H3,(H,24,26)/t14-/m1/s1. The van der Waals surface area contributed by atoms with E-state index in [0.717, 1.165) is 23.8 Å². The Bertz CT molecular complexity index is 1100. The molecule has 0 unspecified atom stereocenters. The second-order valence-electron chi connectivity index (χ2n) is 6.82. The van der Waals surface area contributed by atoms with Gasteiger partial charge in [-0.2, -0.15) is 0 Å². The second kappa shape index (κ2) is 9.35. The first-order valence-corrected chi connectivity index (χ1v) is 9.71. The summed E-state index contributed by atoms with van der Waals surface area (Å²) in [6.45, 7) is 3.70. The van der Waals surface area contributed by atoms with Gasteiger partial charge in [0.2, 0.25) is 0 Å². The average Bonchev–Trinajstić information content (AvgIpc) is 2.73. The third kappa shape index (κ3) is 4.74. The van der Waals surface area contributed by atoms with E-state index in [9.17, 15) is 9.59 Å². The van der Waals surface area contributed by atoms with Gasteiger partial charge in [0, 0.05) is 29.3 Å².